The van der Waals surface area contributed by atoms with E-state index in [9.17, 15) is 4.39 Å². The lowest BCUT2D eigenvalue weighted by Crippen LogP contribution is -2.36. The van der Waals surface area contributed by atoms with Crippen LogP contribution in [-0.2, 0) is 4.74 Å². The summed E-state index contributed by atoms with van der Waals surface area (Å²) in [6.45, 7) is 4.47. The molecule has 6 heteroatoms. The Balaban J connectivity index is 2.25. The van der Waals surface area contributed by atoms with Crippen LogP contribution in [0.2, 0.25) is 0 Å². The molecule has 17 heavy (non-hydrogen) atoms. The SMILES string of the molecule is COCC(C)(C)Nc1nc2ccc(F)cn2n1. The molecular formula is C11H15FN4O. The molecule has 2 heterocycles. The van der Waals surface area contributed by atoms with Crippen LogP contribution in [0, 0.1) is 5.82 Å². The maximum absolute atomic E-state index is 13.0. The summed E-state index contributed by atoms with van der Waals surface area (Å²) in [5, 5.41) is 7.28. The molecule has 1 N–H and O–H groups in total. The van der Waals surface area contributed by atoms with Gasteiger partial charge in [-0.2, -0.15) is 4.98 Å². The molecule has 0 saturated heterocycles. The first-order valence-electron chi connectivity index (χ1n) is 5.29. The summed E-state index contributed by atoms with van der Waals surface area (Å²) < 4.78 is 19.5. The van der Waals surface area contributed by atoms with E-state index >= 15 is 0 Å². The van der Waals surface area contributed by atoms with E-state index in [0.717, 1.165) is 0 Å². The predicted octanol–water partition coefficient (Wildman–Crippen LogP) is 1.71. The highest BCUT2D eigenvalue weighted by Crippen LogP contribution is 2.13. The highest BCUT2D eigenvalue weighted by Gasteiger charge is 2.19. The summed E-state index contributed by atoms with van der Waals surface area (Å²) >= 11 is 0. The molecule has 0 aliphatic rings. The predicted molar refractivity (Wildman–Crippen MR) is 62.5 cm³/mol. The number of rotatable bonds is 4. The third kappa shape index (κ3) is 2.71. The van der Waals surface area contributed by atoms with Gasteiger partial charge in [-0.3, -0.25) is 0 Å². The monoisotopic (exact) mass is 238 g/mol. The van der Waals surface area contributed by atoms with Crippen molar-refractivity contribution in [3.63, 3.8) is 0 Å². The van der Waals surface area contributed by atoms with Gasteiger partial charge in [0.05, 0.1) is 18.3 Å². The molecule has 5 nitrogen and oxygen atoms in total. The Hall–Kier alpha value is -1.69. The number of hydrogen-bond donors (Lipinski definition) is 1. The molecule has 0 radical (unpaired) electrons. The molecule has 0 amide bonds. The zero-order valence-corrected chi connectivity index (χ0v) is 10.1. The lowest BCUT2D eigenvalue weighted by Gasteiger charge is -2.23. The fraction of sp³-hybridized carbons (Fsp3) is 0.455. The van der Waals surface area contributed by atoms with Crippen LogP contribution in [0.3, 0.4) is 0 Å². The minimum absolute atomic E-state index is 0.280. The number of anilines is 1. The molecule has 2 aromatic heterocycles. The summed E-state index contributed by atoms with van der Waals surface area (Å²) in [6.07, 6.45) is 1.29. The van der Waals surface area contributed by atoms with Crippen molar-refractivity contribution in [3.8, 4) is 0 Å². The Labute approximate surface area is 98.6 Å². The minimum Gasteiger partial charge on any atom is -0.382 e. The van der Waals surface area contributed by atoms with Gasteiger partial charge in [-0.15, -0.1) is 5.10 Å². The van der Waals surface area contributed by atoms with Crippen LogP contribution in [-0.4, -0.2) is 33.9 Å². The van der Waals surface area contributed by atoms with Gasteiger partial charge in [0, 0.05) is 7.11 Å². The number of fused-ring (bicyclic) bond motifs is 1. The molecule has 0 spiro atoms. The summed E-state index contributed by atoms with van der Waals surface area (Å²) in [5.41, 5.74) is 0.320. The molecule has 0 aliphatic carbocycles. The van der Waals surface area contributed by atoms with E-state index in [2.05, 4.69) is 15.4 Å². The third-order valence-electron chi connectivity index (χ3n) is 2.25. The highest BCUT2D eigenvalue weighted by molar-refractivity contribution is 5.44. The molecule has 92 valence electrons. The standard InChI is InChI=1S/C11H15FN4O/c1-11(2,7-17-3)14-10-13-9-5-4-8(12)6-16(9)15-10/h4-6H,7H2,1-3H3,(H,14,15). The van der Waals surface area contributed by atoms with Crippen molar-refractivity contribution < 1.29 is 9.13 Å². The van der Waals surface area contributed by atoms with Gasteiger partial charge in [-0.05, 0) is 26.0 Å². The Morgan fingerprint density at radius 3 is 2.94 bits per heavy atom. The van der Waals surface area contributed by atoms with Crippen molar-refractivity contribution in [1.29, 1.82) is 0 Å². The first kappa shape index (κ1) is 11.8. The van der Waals surface area contributed by atoms with Gasteiger partial charge >= 0.3 is 0 Å². The van der Waals surface area contributed by atoms with Gasteiger partial charge in [-0.1, -0.05) is 0 Å². The molecule has 0 aliphatic heterocycles. The van der Waals surface area contributed by atoms with Crippen molar-refractivity contribution in [1.82, 2.24) is 14.6 Å². The fourth-order valence-corrected chi connectivity index (χ4v) is 1.61. The van der Waals surface area contributed by atoms with Crippen molar-refractivity contribution in [2.24, 2.45) is 0 Å². The zero-order valence-electron chi connectivity index (χ0n) is 10.1. The van der Waals surface area contributed by atoms with Crippen LogP contribution in [0.4, 0.5) is 10.3 Å². The van der Waals surface area contributed by atoms with E-state index in [1.807, 2.05) is 13.8 Å². The molecule has 2 rings (SSSR count). The lowest BCUT2D eigenvalue weighted by molar-refractivity contribution is 0.158. The van der Waals surface area contributed by atoms with Crippen LogP contribution in [0.25, 0.3) is 5.65 Å². The van der Waals surface area contributed by atoms with Crippen LogP contribution in [0.5, 0.6) is 0 Å². The van der Waals surface area contributed by atoms with Crippen LogP contribution in [0.1, 0.15) is 13.8 Å². The first-order valence-corrected chi connectivity index (χ1v) is 5.29. The minimum atomic E-state index is -0.342. The van der Waals surface area contributed by atoms with Crippen molar-refractivity contribution >= 4 is 11.6 Å². The molecule has 0 bridgehead atoms. The molecule has 0 fully saturated rings. The van der Waals surface area contributed by atoms with Gasteiger partial charge in [-0.25, -0.2) is 8.91 Å². The average molecular weight is 238 g/mol. The smallest absolute Gasteiger partial charge is 0.243 e. The number of nitrogens with zero attached hydrogens (tertiary/aromatic N) is 3. The van der Waals surface area contributed by atoms with Crippen LogP contribution >= 0.6 is 0 Å². The summed E-state index contributed by atoms with van der Waals surface area (Å²) in [7, 11) is 1.63. The average Bonchev–Trinajstić information content (AvgIpc) is 2.57. The van der Waals surface area contributed by atoms with E-state index in [1.165, 1.54) is 16.8 Å². The number of hydrogen-bond acceptors (Lipinski definition) is 4. The van der Waals surface area contributed by atoms with Crippen molar-refractivity contribution in [3.05, 3.63) is 24.1 Å². The summed E-state index contributed by atoms with van der Waals surface area (Å²) in [4.78, 5) is 4.24. The Bertz CT molecular complexity index is 523. The van der Waals surface area contributed by atoms with E-state index in [4.69, 9.17) is 4.74 Å². The van der Waals surface area contributed by atoms with E-state index in [1.54, 1.807) is 13.2 Å². The number of methoxy groups -OCH3 is 1. The number of ether oxygens (including phenoxy) is 1. The Morgan fingerprint density at radius 1 is 1.47 bits per heavy atom. The number of halogens is 1. The van der Waals surface area contributed by atoms with Gasteiger partial charge < -0.3 is 10.1 Å². The Kier molecular flexibility index (Phi) is 2.97. The maximum atomic E-state index is 13.0. The number of pyridine rings is 1. The Morgan fingerprint density at radius 2 is 2.24 bits per heavy atom. The molecule has 0 atom stereocenters. The van der Waals surface area contributed by atoms with Gasteiger partial charge in [0.25, 0.3) is 0 Å². The maximum Gasteiger partial charge on any atom is 0.243 e. The van der Waals surface area contributed by atoms with E-state index in [0.29, 0.717) is 18.2 Å². The zero-order chi connectivity index (χ0) is 12.5. The second kappa shape index (κ2) is 4.29. The molecule has 2 aromatic rings. The van der Waals surface area contributed by atoms with Crippen LogP contribution < -0.4 is 5.32 Å². The van der Waals surface area contributed by atoms with Gasteiger partial charge in [0.2, 0.25) is 5.95 Å². The third-order valence-corrected chi connectivity index (χ3v) is 2.25. The number of aromatic nitrogens is 3. The lowest BCUT2D eigenvalue weighted by atomic mass is 10.1. The van der Waals surface area contributed by atoms with E-state index < -0.39 is 0 Å². The quantitative estimate of drug-likeness (QED) is 0.881. The summed E-state index contributed by atoms with van der Waals surface area (Å²) in [6, 6.07) is 2.94. The first-order chi connectivity index (χ1) is 8.00. The molecule has 0 unspecified atom stereocenters. The van der Waals surface area contributed by atoms with Gasteiger partial charge in [0.15, 0.2) is 5.65 Å². The second-order valence-electron chi connectivity index (χ2n) is 4.53. The van der Waals surface area contributed by atoms with Gasteiger partial charge in [0.1, 0.15) is 5.82 Å². The van der Waals surface area contributed by atoms with Crippen molar-refractivity contribution in [2.75, 3.05) is 19.0 Å². The second-order valence-corrected chi connectivity index (χ2v) is 4.53. The van der Waals surface area contributed by atoms with Crippen molar-refractivity contribution in [2.45, 2.75) is 19.4 Å². The molecular weight excluding hydrogens is 223 g/mol. The van der Waals surface area contributed by atoms with E-state index in [-0.39, 0.29) is 11.4 Å². The largest absolute Gasteiger partial charge is 0.382 e. The topological polar surface area (TPSA) is 51.5 Å². The normalized spacial score (nSPS) is 12.0. The molecule has 0 saturated carbocycles. The molecule has 0 aromatic carbocycles. The fourth-order valence-electron chi connectivity index (χ4n) is 1.61. The number of nitrogens with one attached hydrogen (secondary N) is 1. The van der Waals surface area contributed by atoms with Crippen LogP contribution in [0.15, 0.2) is 18.3 Å². The summed E-state index contributed by atoms with van der Waals surface area (Å²) in [5.74, 6) is 0.114. The highest BCUT2D eigenvalue weighted by atomic mass is 19.1.